The molecule has 0 rings (SSSR count). The molecule has 1 atom stereocenters. The van der Waals surface area contributed by atoms with Gasteiger partial charge in [0.2, 0.25) is 0 Å². The molecule has 0 saturated heterocycles. The van der Waals surface area contributed by atoms with E-state index in [2.05, 4.69) is 13.8 Å². The van der Waals surface area contributed by atoms with Gasteiger partial charge in [-0.15, -0.1) is 0 Å². The maximum Gasteiger partial charge on any atom is 0.0151 e. The van der Waals surface area contributed by atoms with E-state index in [0.29, 0.717) is 5.25 Å². The van der Waals surface area contributed by atoms with Crippen molar-refractivity contribution in [3.05, 3.63) is 0 Å². The number of rotatable bonds is 6. The number of hydrogen-bond acceptors (Lipinski definition) is 0. The second-order valence-electron chi connectivity index (χ2n) is 2.91. The van der Waals surface area contributed by atoms with E-state index in [0.717, 1.165) is 0 Å². The van der Waals surface area contributed by atoms with Crippen molar-refractivity contribution < 1.29 is 0 Å². The van der Waals surface area contributed by atoms with E-state index < -0.39 is 0 Å². The molecule has 0 fully saturated rings. The lowest BCUT2D eigenvalue weighted by atomic mass is 10.1. The van der Waals surface area contributed by atoms with Crippen LogP contribution in [-0.2, 0) is 0 Å². The van der Waals surface area contributed by atoms with Crippen molar-refractivity contribution in [2.45, 2.75) is 57.6 Å². The standard InChI is InChI=1S/C9H19S/c1-3-5-6-8-9(10)7-4-2/h9H,3-8H2,1-2H3. The van der Waals surface area contributed by atoms with Gasteiger partial charge in [-0.05, 0) is 12.8 Å². The Bertz CT molecular complexity index is 61.7. The third kappa shape index (κ3) is 6.47. The monoisotopic (exact) mass is 159 g/mol. The Morgan fingerprint density at radius 1 is 1.00 bits per heavy atom. The first-order valence-electron chi connectivity index (χ1n) is 4.47. The lowest BCUT2D eigenvalue weighted by molar-refractivity contribution is 0.616. The van der Waals surface area contributed by atoms with Gasteiger partial charge in [0, 0.05) is 5.25 Å². The maximum atomic E-state index is 5.25. The summed E-state index contributed by atoms with van der Waals surface area (Å²) in [4.78, 5) is 0. The molecule has 0 aromatic carbocycles. The van der Waals surface area contributed by atoms with E-state index in [1.807, 2.05) is 0 Å². The van der Waals surface area contributed by atoms with Crippen LogP contribution in [0, 0.1) is 0 Å². The van der Waals surface area contributed by atoms with Gasteiger partial charge < -0.3 is 0 Å². The van der Waals surface area contributed by atoms with Gasteiger partial charge in [-0.3, -0.25) is 0 Å². The third-order valence-electron chi connectivity index (χ3n) is 1.74. The molecule has 0 aliphatic heterocycles. The summed E-state index contributed by atoms with van der Waals surface area (Å²) in [5.74, 6) is 0. The van der Waals surface area contributed by atoms with E-state index in [4.69, 9.17) is 12.6 Å². The first-order valence-corrected chi connectivity index (χ1v) is 4.94. The van der Waals surface area contributed by atoms with Crippen LogP contribution in [0.15, 0.2) is 0 Å². The van der Waals surface area contributed by atoms with Crippen molar-refractivity contribution in [1.82, 2.24) is 0 Å². The predicted molar refractivity (Wildman–Crippen MR) is 50.4 cm³/mol. The van der Waals surface area contributed by atoms with Gasteiger partial charge in [0.25, 0.3) is 0 Å². The smallest absolute Gasteiger partial charge is 0.0151 e. The fourth-order valence-electron chi connectivity index (χ4n) is 1.09. The first-order chi connectivity index (χ1) is 4.81. The van der Waals surface area contributed by atoms with E-state index in [-0.39, 0.29) is 0 Å². The highest BCUT2D eigenvalue weighted by molar-refractivity contribution is 7.80. The molecule has 0 bridgehead atoms. The zero-order chi connectivity index (χ0) is 7.82. The molecule has 0 heterocycles. The predicted octanol–water partition coefficient (Wildman–Crippen LogP) is 3.93. The Kier molecular flexibility index (Phi) is 7.72. The summed E-state index contributed by atoms with van der Waals surface area (Å²) in [6.07, 6.45) is 7.76. The minimum Gasteiger partial charge on any atom is -0.0904 e. The van der Waals surface area contributed by atoms with Crippen LogP contribution in [0.3, 0.4) is 0 Å². The van der Waals surface area contributed by atoms with Crippen LogP contribution in [0.25, 0.3) is 0 Å². The largest absolute Gasteiger partial charge is 0.0904 e. The van der Waals surface area contributed by atoms with Gasteiger partial charge in [0.1, 0.15) is 0 Å². The van der Waals surface area contributed by atoms with Gasteiger partial charge in [-0.25, -0.2) is 0 Å². The Balaban J connectivity index is 2.97. The molecule has 0 spiro atoms. The highest BCUT2D eigenvalue weighted by atomic mass is 32.1. The van der Waals surface area contributed by atoms with Crippen molar-refractivity contribution >= 4 is 12.6 Å². The summed E-state index contributed by atoms with van der Waals surface area (Å²) < 4.78 is 0. The Morgan fingerprint density at radius 3 is 2.20 bits per heavy atom. The normalized spacial score (nSPS) is 13.5. The zero-order valence-corrected chi connectivity index (χ0v) is 8.04. The van der Waals surface area contributed by atoms with Gasteiger partial charge in [-0.2, -0.15) is 0 Å². The molecule has 0 amide bonds. The second kappa shape index (κ2) is 7.46. The molecule has 0 nitrogen and oxygen atoms in total. The fourth-order valence-corrected chi connectivity index (χ4v) is 1.49. The van der Waals surface area contributed by atoms with E-state index in [1.54, 1.807) is 0 Å². The molecule has 1 radical (unpaired) electrons. The lowest BCUT2D eigenvalue weighted by Gasteiger charge is -2.05. The van der Waals surface area contributed by atoms with Gasteiger partial charge in [0.05, 0.1) is 0 Å². The molecular weight excluding hydrogens is 140 g/mol. The van der Waals surface area contributed by atoms with Crippen molar-refractivity contribution in [1.29, 1.82) is 0 Å². The summed E-state index contributed by atoms with van der Waals surface area (Å²) in [5, 5.41) is 0.552. The SMILES string of the molecule is CCCCCC([S])CCC. The summed E-state index contributed by atoms with van der Waals surface area (Å²) in [7, 11) is 0. The number of hydrogen-bond donors (Lipinski definition) is 0. The van der Waals surface area contributed by atoms with Crippen LogP contribution in [0.4, 0.5) is 0 Å². The van der Waals surface area contributed by atoms with Crippen molar-refractivity contribution in [2.24, 2.45) is 0 Å². The molecule has 0 aliphatic rings. The summed E-state index contributed by atoms with van der Waals surface area (Å²) >= 11 is 5.25. The van der Waals surface area contributed by atoms with Crippen LogP contribution in [0.5, 0.6) is 0 Å². The Morgan fingerprint density at radius 2 is 1.70 bits per heavy atom. The minimum absolute atomic E-state index is 0.552. The zero-order valence-electron chi connectivity index (χ0n) is 7.23. The summed E-state index contributed by atoms with van der Waals surface area (Å²) in [5.41, 5.74) is 0. The van der Waals surface area contributed by atoms with E-state index in [1.165, 1.54) is 38.5 Å². The Hall–Kier alpha value is 0.350. The van der Waals surface area contributed by atoms with Crippen molar-refractivity contribution in [2.75, 3.05) is 0 Å². The van der Waals surface area contributed by atoms with Crippen LogP contribution >= 0.6 is 12.6 Å². The third-order valence-corrected chi connectivity index (χ3v) is 2.21. The van der Waals surface area contributed by atoms with Gasteiger partial charge in [-0.1, -0.05) is 52.2 Å². The molecule has 1 heteroatoms. The molecule has 0 aromatic heterocycles. The van der Waals surface area contributed by atoms with E-state index >= 15 is 0 Å². The van der Waals surface area contributed by atoms with Gasteiger partial charge >= 0.3 is 0 Å². The average molecular weight is 159 g/mol. The van der Waals surface area contributed by atoms with Crippen molar-refractivity contribution in [3.8, 4) is 0 Å². The first kappa shape index (κ1) is 10.3. The maximum absolute atomic E-state index is 5.25. The molecular formula is C9H19S. The van der Waals surface area contributed by atoms with Crippen LogP contribution < -0.4 is 0 Å². The quantitative estimate of drug-likeness (QED) is 0.515. The summed E-state index contributed by atoms with van der Waals surface area (Å²) in [6, 6.07) is 0. The van der Waals surface area contributed by atoms with Crippen LogP contribution in [0.1, 0.15) is 52.4 Å². The minimum atomic E-state index is 0.552. The van der Waals surface area contributed by atoms with Crippen molar-refractivity contribution in [3.63, 3.8) is 0 Å². The average Bonchev–Trinajstić information content (AvgIpc) is 1.89. The number of unbranched alkanes of at least 4 members (excludes halogenated alkanes) is 2. The van der Waals surface area contributed by atoms with Gasteiger partial charge in [0.15, 0.2) is 0 Å². The molecule has 10 heavy (non-hydrogen) atoms. The topological polar surface area (TPSA) is 0 Å². The summed E-state index contributed by atoms with van der Waals surface area (Å²) in [6.45, 7) is 4.44. The van der Waals surface area contributed by atoms with E-state index in [9.17, 15) is 0 Å². The van der Waals surface area contributed by atoms with Crippen LogP contribution in [-0.4, -0.2) is 5.25 Å². The molecule has 0 N–H and O–H groups in total. The molecule has 61 valence electrons. The second-order valence-corrected chi connectivity index (χ2v) is 3.57. The highest BCUT2D eigenvalue weighted by Crippen LogP contribution is 2.13. The molecule has 0 aliphatic carbocycles. The molecule has 1 unspecified atom stereocenters. The Labute approximate surface area is 70.8 Å². The molecule has 0 aromatic rings. The van der Waals surface area contributed by atoms with Crippen LogP contribution in [0.2, 0.25) is 0 Å². The molecule has 0 saturated carbocycles. The highest BCUT2D eigenvalue weighted by Gasteiger charge is 2.00. The fraction of sp³-hybridized carbons (Fsp3) is 1.00. The lowest BCUT2D eigenvalue weighted by Crippen LogP contribution is -1.96.